The van der Waals surface area contributed by atoms with E-state index in [-0.39, 0.29) is 11.2 Å². The van der Waals surface area contributed by atoms with Crippen LogP contribution in [0.1, 0.15) is 16.2 Å². The van der Waals surface area contributed by atoms with Crippen LogP contribution in [0.15, 0.2) is 53.3 Å². The van der Waals surface area contributed by atoms with Crippen molar-refractivity contribution in [2.24, 2.45) is 0 Å². The van der Waals surface area contributed by atoms with Crippen LogP contribution in [0.3, 0.4) is 0 Å². The lowest BCUT2D eigenvalue weighted by Crippen LogP contribution is -2.27. The predicted molar refractivity (Wildman–Crippen MR) is 133 cm³/mol. The van der Waals surface area contributed by atoms with Crippen LogP contribution in [-0.2, 0) is 4.74 Å². The minimum Gasteiger partial charge on any atom is -0.493 e. The lowest BCUT2D eigenvalue weighted by atomic mass is 9.97. The molecule has 2 heterocycles. The molecule has 0 saturated carbocycles. The van der Waals surface area contributed by atoms with Crippen LogP contribution >= 0.6 is 0 Å². The van der Waals surface area contributed by atoms with Crippen molar-refractivity contribution in [1.29, 1.82) is 0 Å². The largest absolute Gasteiger partial charge is 0.493 e. The predicted octanol–water partition coefficient (Wildman–Crippen LogP) is 3.76. The van der Waals surface area contributed by atoms with Gasteiger partial charge in [0, 0.05) is 28.0 Å². The Morgan fingerprint density at radius 3 is 2.09 bits per heavy atom. The number of nitrogens with two attached hydrogens (primary N) is 1. The van der Waals surface area contributed by atoms with Gasteiger partial charge in [0.05, 0.1) is 28.4 Å². The van der Waals surface area contributed by atoms with Crippen molar-refractivity contribution in [2.45, 2.75) is 6.92 Å². The second-order valence-corrected chi connectivity index (χ2v) is 7.71. The van der Waals surface area contributed by atoms with Crippen LogP contribution in [0.2, 0.25) is 0 Å². The molecule has 0 bridgehead atoms. The van der Waals surface area contributed by atoms with E-state index < -0.39 is 11.5 Å². The zero-order valence-electron chi connectivity index (χ0n) is 20.0. The normalized spacial score (nSPS) is 10.8. The number of aromatic nitrogens is 2. The number of rotatable bonds is 6. The molecule has 2 aromatic carbocycles. The summed E-state index contributed by atoms with van der Waals surface area (Å²) in [4.78, 5) is 31.5. The number of nitrogens with zero attached hydrogens (tertiary/aromatic N) is 2. The number of methoxy groups -OCH3 is 4. The summed E-state index contributed by atoms with van der Waals surface area (Å²) in [6.45, 7) is 1.79. The molecule has 0 aliphatic rings. The van der Waals surface area contributed by atoms with Gasteiger partial charge in [-0.15, -0.1) is 0 Å². The molecule has 4 rings (SSSR count). The highest BCUT2D eigenvalue weighted by Gasteiger charge is 2.27. The van der Waals surface area contributed by atoms with Crippen LogP contribution in [-0.4, -0.2) is 44.0 Å². The number of aryl methyl sites for hydroxylation is 1. The summed E-state index contributed by atoms with van der Waals surface area (Å²) >= 11 is 0. The fourth-order valence-electron chi connectivity index (χ4n) is 4.05. The van der Waals surface area contributed by atoms with Gasteiger partial charge in [0.2, 0.25) is 5.75 Å². The second-order valence-electron chi connectivity index (χ2n) is 7.71. The SMILES string of the molecule is COC(=O)c1c(-c2cc(OC)c(OC)c(OC)c2)c2ccc(C)nc2c(=O)n1-c1ccc(N)cc1. The van der Waals surface area contributed by atoms with Crippen molar-refractivity contribution in [3.8, 4) is 34.1 Å². The van der Waals surface area contributed by atoms with Crippen molar-refractivity contribution in [2.75, 3.05) is 34.2 Å². The number of anilines is 1. The lowest BCUT2D eigenvalue weighted by Gasteiger charge is -2.20. The summed E-state index contributed by atoms with van der Waals surface area (Å²) in [7, 11) is 5.77. The van der Waals surface area contributed by atoms with Crippen LogP contribution in [0.25, 0.3) is 27.7 Å². The fraction of sp³-hybridized carbons (Fsp3) is 0.192. The first-order valence-corrected chi connectivity index (χ1v) is 10.7. The number of nitrogen functional groups attached to an aromatic ring is 1. The molecule has 9 heteroatoms. The van der Waals surface area contributed by atoms with Crippen LogP contribution in [0, 0.1) is 6.92 Å². The van der Waals surface area contributed by atoms with Crippen molar-refractivity contribution in [3.05, 3.63) is 70.3 Å². The highest BCUT2D eigenvalue weighted by atomic mass is 16.5. The molecule has 0 atom stereocenters. The van der Waals surface area contributed by atoms with E-state index in [9.17, 15) is 9.59 Å². The average Bonchev–Trinajstić information content (AvgIpc) is 2.88. The number of fused-ring (bicyclic) bond motifs is 1. The molecule has 0 unspecified atom stereocenters. The first-order valence-electron chi connectivity index (χ1n) is 10.7. The molecule has 9 nitrogen and oxygen atoms in total. The van der Waals surface area contributed by atoms with Gasteiger partial charge >= 0.3 is 5.97 Å². The third-order valence-electron chi connectivity index (χ3n) is 5.65. The zero-order chi connectivity index (χ0) is 25.3. The maximum Gasteiger partial charge on any atom is 0.355 e. The Morgan fingerprint density at radius 1 is 0.914 bits per heavy atom. The summed E-state index contributed by atoms with van der Waals surface area (Å²) < 4.78 is 22.9. The standard InChI is InChI=1S/C26H25N3O6/c1-14-6-11-18-21(15-12-19(32-2)24(34-4)20(13-15)33-3)23(26(31)35-5)29(25(30)22(18)28-14)17-9-7-16(27)8-10-17/h6-13H,27H2,1-5H3. The number of hydrogen-bond donors (Lipinski definition) is 1. The summed E-state index contributed by atoms with van der Waals surface area (Å²) in [5.74, 6) is 0.459. The number of pyridine rings is 2. The number of hydrogen-bond acceptors (Lipinski definition) is 8. The number of benzene rings is 2. The first-order chi connectivity index (χ1) is 16.8. The second kappa shape index (κ2) is 9.38. The molecule has 2 N–H and O–H groups in total. The number of carbonyl (C=O) groups is 1. The van der Waals surface area contributed by atoms with Gasteiger partial charge in [-0.05, 0) is 55.0 Å². The molecular formula is C26H25N3O6. The Kier molecular flexibility index (Phi) is 6.33. The Hall–Kier alpha value is -4.53. The molecule has 0 radical (unpaired) electrons. The van der Waals surface area contributed by atoms with E-state index in [4.69, 9.17) is 24.7 Å². The molecule has 4 aromatic rings. The van der Waals surface area contributed by atoms with E-state index in [2.05, 4.69) is 4.98 Å². The van der Waals surface area contributed by atoms with Gasteiger partial charge in [0.15, 0.2) is 11.5 Å². The van der Waals surface area contributed by atoms with E-state index in [0.717, 1.165) is 0 Å². The molecular weight excluding hydrogens is 450 g/mol. The topological polar surface area (TPSA) is 115 Å². The van der Waals surface area contributed by atoms with Crippen molar-refractivity contribution in [1.82, 2.24) is 9.55 Å². The van der Waals surface area contributed by atoms with E-state index in [1.54, 1.807) is 55.5 Å². The van der Waals surface area contributed by atoms with Gasteiger partial charge in [-0.2, -0.15) is 0 Å². The molecule has 2 aromatic heterocycles. The number of esters is 1. The first kappa shape index (κ1) is 23.6. The highest BCUT2D eigenvalue weighted by Crippen LogP contribution is 2.43. The van der Waals surface area contributed by atoms with Crippen molar-refractivity contribution >= 4 is 22.6 Å². The highest BCUT2D eigenvalue weighted by molar-refractivity contribution is 6.06. The Labute approximate surface area is 201 Å². The Balaban J connectivity index is 2.25. The maximum absolute atomic E-state index is 13.7. The third kappa shape index (κ3) is 4.01. The van der Waals surface area contributed by atoms with Gasteiger partial charge < -0.3 is 24.7 Å². The molecule has 0 aliphatic carbocycles. The molecule has 180 valence electrons. The molecule has 35 heavy (non-hydrogen) atoms. The molecule has 0 spiro atoms. The molecule has 0 fully saturated rings. The number of ether oxygens (including phenoxy) is 4. The monoisotopic (exact) mass is 475 g/mol. The van der Waals surface area contributed by atoms with Crippen molar-refractivity contribution < 1.29 is 23.7 Å². The zero-order valence-corrected chi connectivity index (χ0v) is 20.0. The summed E-state index contributed by atoms with van der Waals surface area (Å²) in [6, 6.07) is 13.6. The quantitative estimate of drug-likeness (QED) is 0.331. The van der Waals surface area contributed by atoms with Crippen molar-refractivity contribution in [3.63, 3.8) is 0 Å². The molecule has 0 saturated heterocycles. The van der Waals surface area contributed by atoms with E-state index in [1.165, 1.54) is 33.0 Å². The van der Waals surface area contributed by atoms with E-state index in [1.807, 2.05) is 0 Å². The van der Waals surface area contributed by atoms with Gasteiger partial charge in [0.1, 0.15) is 11.2 Å². The van der Waals surface area contributed by atoms with Crippen LogP contribution in [0.5, 0.6) is 17.2 Å². The van der Waals surface area contributed by atoms with E-state index >= 15 is 0 Å². The minimum atomic E-state index is -0.704. The minimum absolute atomic E-state index is 0.0229. The van der Waals surface area contributed by atoms with Gasteiger partial charge in [-0.3, -0.25) is 9.36 Å². The molecule has 0 aliphatic heterocycles. The number of carbonyl (C=O) groups excluding carboxylic acids is 1. The van der Waals surface area contributed by atoms with Gasteiger partial charge in [0.25, 0.3) is 5.56 Å². The smallest absolute Gasteiger partial charge is 0.355 e. The van der Waals surface area contributed by atoms with Crippen LogP contribution in [0.4, 0.5) is 5.69 Å². The van der Waals surface area contributed by atoms with E-state index in [0.29, 0.717) is 50.8 Å². The Morgan fingerprint density at radius 2 is 1.54 bits per heavy atom. The average molecular weight is 476 g/mol. The lowest BCUT2D eigenvalue weighted by molar-refractivity contribution is 0.0591. The Bertz CT molecular complexity index is 1470. The maximum atomic E-state index is 13.7. The third-order valence-corrected chi connectivity index (χ3v) is 5.65. The summed E-state index contributed by atoms with van der Waals surface area (Å²) in [5.41, 5.74) is 8.18. The van der Waals surface area contributed by atoms with Crippen LogP contribution < -0.4 is 25.5 Å². The van der Waals surface area contributed by atoms with Gasteiger partial charge in [-0.1, -0.05) is 6.07 Å². The summed E-state index contributed by atoms with van der Waals surface area (Å²) in [5, 5.41) is 0.474. The summed E-state index contributed by atoms with van der Waals surface area (Å²) in [6.07, 6.45) is 0. The molecule has 0 amide bonds. The fourth-order valence-corrected chi connectivity index (χ4v) is 4.05. The van der Waals surface area contributed by atoms with Gasteiger partial charge in [-0.25, -0.2) is 9.78 Å².